The van der Waals surface area contributed by atoms with E-state index >= 15 is 0 Å². The monoisotopic (exact) mass is 534 g/mol. The number of hydrogen-bond acceptors (Lipinski definition) is 4. The highest BCUT2D eigenvalue weighted by Crippen LogP contribution is 2.24. The first-order valence-corrected chi connectivity index (χ1v) is 14.4. The second-order valence-electron chi connectivity index (χ2n) is 9.73. The molecule has 4 N–H and O–H groups in total. The lowest BCUT2D eigenvalue weighted by molar-refractivity contribution is -0.123. The summed E-state index contributed by atoms with van der Waals surface area (Å²) in [5.41, 5.74) is 2.74. The van der Waals surface area contributed by atoms with E-state index in [4.69, 9.17) is 0 Å². The lowest BCUT2D eigenvalue weighted by Gasteiger charge is -2.20. The molecule has 3 aromatic carbocycles. The molecule has 1 saturated carbocycles. The van der Waals surface area contributed by atoms with Crippen molar-refractivity contribution in [2.75, 3.05) is 16.6 Å². The van der Waals surface area contributed by atoms with E-state index in [0.717, 1.165) is 24.0 Å². The van der Waals surface area contributed by atoms with E-state index in [1.54, 1.807) is 48.5 Å². The molecule has 0 heterocycles. The number of rotatable bonds is 10. The van der Waals surface area contributed by atoms with Crippen LogP contribution >= 0.6 is 0 Å². The number of amides is 3. The van der Waals surface area contributed by atoms with Gasteiger partial charge in [0.25, 0.3) is 10.0 Å². The molecule has 3 amide bonds. The highest BCUT2D eigenvalue weighted by molar-refractivity contribution is 7.92. The third-order valence-electron chi connectivity index (χ3n) is 6.67. The Balaban J connectivity index is 1.36. The van der Waals surface area contributed by atoms with E-state index in [-0.39, 0.29) is 10.8 Å². The normalized spacial score (nSPS) is 14.4. The van der Waals surface area contributed by atoms with Crippen molar-refractivity contribution < 1.29 is 18.0 Å². The van der Waals surface area contributed by atoms with Gasteiger partial charge in [-0.25, -0.2) is 13.2 Å². The average Bonchev–Trinajstić information content (AvgIpc) is 3.42. The number of urea groups is 1. The summed E-state index contributed by atoms with van der Waals surface area (Å²) in [6.45, 7) is 2.51. The number of carbonyl (C=O) groups is 2. The minimum absolute atomic E-state index is 0.167. The van der Waals surface area contributed by atoms with Crippen LogP contribution in [0.25, 0.3) is 0 Å². The second kappa shape index (κ2) is 12.6. The van der Waals surface area contributed by atoms with Crippen molar-refractivity contribution >= 4 is 33.3 Å². The van der Waals surface area contributed by atoms with Gasteiger partial charge in [0.05, 0.1) is 4.90 Å². The van der Waals surface area contributed by atoms with E-state index < -0.39 is 22.1 Å². The van der Waals surface area contributed by atoms with Gasteiger partial charge in [0.15, 0.2) is 0 Å². The molecule has 0 radical (unpaired) electrons. The Kier molecular flexibility index (Phi) is 9.02. The Morgan fingerprint density at radius 2 is 1.50 bits per heavy atom. The van der Waals surface area contributed by atoms with Gasteiger partial charge in [0.2, 0.25) is 5.91 Å². The first kappa shape index (κ1) is 27.2. The van der Waals surface area contributed by atoms with Crippen molar-refractivity contribution in [3.05, 3.63) is 90.0 Å². The van der Waals surface area contributed by atoms with Gasteiger partial charge < -0.3 is 16.0 Å². The second-order valence-corrected chi connectivity index (χ2v) is 11.4. The van der Waals surface area contributed by atoms with Crippen LogP contribution in [0.1, 0.15) is 36.8 Å². The largest absolute Gasteiger partial charge is 0.354 e. The summed E-state index contributed by atoms with van der Waals surface area (Å²) >= 11 is 0. The smallest absolute Gasteiger partial charge is 0.319 e. The topological polar surface area (TPSA) is 116 Å². The molecular formula is C29H34N4O4S. The van der Waals surface area contributed by atoms with Gasteiger partial charge in [-0.1, -0.05) is 60.9 Å². The number of nitrogens with one attached hydrogen (secondary N) is 4. The number of carbonyl (C=O) groups excluding carboxylic acids is 2. The Labute approximate surface area is 224 Å². The van der Waals surface area contributed by atoms with Crippen molar-refractivity contribution in [3.63, 3.8) is 0 Å². The van der Waals surface area contributed by atoms with Gasteiger partial charge in [-0.15, -0.1) is 0 Å². The van der Waals surface area contributed by atoms with Crippen LogP contribution in [-0.2, 0) is 21.2 Å². The Morgan fingerprint density at radius 3 is 2.16 bits per heavy atom. The lowest BCUT2D eigenvalue weighted by Crippen LogP contribution is -2.50. The number of sulfonamides is 1. The zero-order valence-electron chi connectivity index (χ0n) is 21.4. The highest BCUT2D eigenvalue weighted by atomic mass is 32.2. The van der Waals surface area contributed by atoms with E-state index in [1.165, 1.54) is 12.8 Å². The minimum Gasteiger partial charge on any atom is -0.354 e. The number of aryl methyl sites for hydroxylation is 1. The fourth-order valence-electron chi connectivity index (χ4n) is 4.52. The molecule has 4 rings (SSSR count). The van der Waals surface area contributed by atoms with E-state index in [0.29, 0.717) is 30.3 Å². The predicted octanol–water partition coefficient (Wildman–Crippen LogP) is 4.84. The van der Waals surface area contributed by atoms with Gasteiger partial charge in [-0.05, 0) is 67.6 Å². The third-order valence-corrected chi connectivity index (χ3v) is 8.07. The number of benzene rings is 3. The fourth-order valence-corrected chi connectivity index (χ4v) is 5.58. The first-order chi connectivity index (χ1) is 18.3. The molecule has 0 aromatic heterocycles. The van der Waals surface area contributed by atoms with Crippen LogP contribution in [-0.4, -0.2) is 32.9 Å². The lowest BCUT2D eigenvalue weighted by atomic mass is 10.0. The van der Waals surface area contributed by atoms with E-state index in [1.807, 2.05) is 37.3 Å². The van der Waals surface area contributed by atoms with E-state index in [2.05, 4.69) is 20.7 Å². The van der Waals surface area contributed by atoms with Gasteiger partial charge in [-0.3, -0.25) is 9.52 Å². The molecule has 0 bridgehead atoms. The molecule has 3 aromatic rings. The molecule has 200 valence electrons. The Morgan fingerprint density at radius 1 is 0.868 bits per heavy atom. The third kappa shape index (κ3) is 7.82. The molecule has 8 nitrogen and oxygen atoms in total. The molecule has 0 aliphatic heterocycles. The molecular weight excluding hydrogens is 500 g/mol. The predicted molar refractivity (Wildman–Crippen MR) is 149 cm³/mol. The summed E-state index contributed by atoms with van der Waals surface area (Å²) in [6.07, 6.45) is 5.00. The molecule has 9 heteroatoms. The fraction of sp³-hybridized carbons (Fsp3) is 0.310. The van der Waals surface area contributed by atoms with Crippen LogP contribution < -0.4 is 20.7 Å². The molecule has 1 atom stereocenters. The standard InChI is InChI=1S/C29H34N4O4S/c1-21-11-17-26(18-12-21)38(36,37)33-25-15-13-24(14-16-25)31-29(35)32-27(19-22-7-3-2-4-8-22)28(34)30-20-23-9-5-6-10-23/h2-4,7-8,11-18,23,27,33H,5-6,9-10,19-20H2,1H3,(H,30,34)(H2,31,32,35)/t27-/m1/s1. The first-order valence-electron chi connectivity index (χ1n) is 12.9. The Bertz CT molecular complexity index is 1320. The maximum absolute atomic E-state index is 13.0. The SMILES string of the molecule is Cc1ccc(S(=O)(=O)Nc2ccc(NC(=O)N[C@H](Cc3ccccc3)C(=O)NCC3CCCC3)cc2)cc1. The molecule has 1 aliphatic carbocycles. The summed E-state index contributed by atoms with van der Waals surface area (Å²) in [7, 11) is -3.73. The van der Waals surface area contributed by atoms with Crippen LogP contribution in [0.2, 0.25) is 0 Å². The molecule has 1 aliphatic rings. The number of anilines is 2. The van der Waals surface area contributed by atoms with Crippen LogP contribution in [0, 0.1) is 12.8 Å². The van der Waals surface area contributed by atoms with Crippen LogP contribution in [0.3, 0.4) is 0 Å². The summed E-state index contributed by atoms with van der Waals surface area (Å²) in [5, 5.41) is 8.54. The quantitative estimate of drug-likeness (QED) is 0.298. The Hall–Kier alpha value is -3.85. The van der Waals surface area contributed by atoms with E-state index in [9.17, 15) is 18.0 Å². The average molecular weight is 535 g/mol. The van der Waals surface area contributed by atoms with Crippen LogP contribution in [0.5, 0.6) is 0 Å². The summed E-state index contributed by atoms with van der Waals surface area (Å²) in [4.78, 5) is 25.9. The van der Waals surface area contributed by atoms with Crippen LogP contribution in [0.4, 0.5) is 16.2 Å². The van der Waals surface area contributed by atoms with Gasteiger partial charge >= 0.3 is 6.03 Å². The maximum Gasteiger partial charge on any atom is 0.319 e. The summed E-state index contributed by atoms with van der Waals surface area (Å²) in [5.74, 6) is 0.281. The molecule has 0 saturated heterocycles. The molecule has 0 unspecified atom stereocenters. The van der Waals surface area contributed by atoms with Gasteiger partial charge in [0, 0.05) is 24.3 Å². The number of hydrogen-bond donors (Lipinski definition) is 4. The van der Waals surface area contributed by atoms with Crippen molar-refractivity contribution in [2.45, 2.75) is 50.0 Å². The van der Waals surface area contributed by atoms with Crippen molar-refractivity contribution in [2.24, 2.45) is 5.92 Å². The maximum atomic E-state index is 13.0. The van der Waals surface area contributed by atoms with Crippen molar-refractivity contribution in [1.82, 2.24) is 10.6 Å². The van der Waals surface area contributed by atoms with Gasteiger partial charge in [-0.2, -0.15) is 0 Å². The van der Waals surface area contributed by atoms with Gasteiger partial charge in [0.1, 0.15) is 6.04 Å². The summed E-state index contributed by atoms with van der Waals surface area (Å²) < 4.78 is 27.8. The van der Waals surface area contributed by atoms with Crippen molar-refractivity contribution in [3.8, 4) is 0 Å². The zero-order valence-corrected chi connectivity index (χ0v) is 22.3. The molecule has 0 spiro atoms. The summed E-state index contributed by atoms with van der Waals surface area (Å²) in [6, 6.07) is 21.2. The van der Waals surface area contributed by atoms with Crippen LogP contribution in [0.15, 0.2) is 83.8 Å². The molecule has 38 heavy (non-hydrogen) atoms. The van der Waals surface area contributed by atoms with Crippen molar-refractivity contribution in [1.29, 1.82) is 0 Å². The minimum atomic E-state index is -3.73. The highest BCUT2D eigenvalue weighted by Gasteiger charge is 2.23. The molecule has 1 fully saturated rings. The zero-order chi connectivity index (χ0) is 27.0.